The molecule has 0 aliphatic heterocycles. The second-order valence-corrected chi connectivity index (χ2v) is 5.32. The number of benzene rings is 1. The molecule has 0 aliphatic rings. The lowest BCUT2D eigenvalue weighted by Crippen LogP contribution is -2.30. The summed E-state index contributed by atoms with van der Waals surface area (Å²) in [6.07, 6.45) is 2.05. The highest BCUT2D eigenvalue weighted by Crippen LogP contribution is 2.27. The Bertz CT molecular complexity index is 382. The summed E-state index contributed by atoms with van der Waals surface area (Å²) >= 11 is 3.22. The van der Waals surface area contributed by atoms with Crippen LogP contribution in [0.15, 0.2) is 12.1 Å². The van der Waals surface area contributed by atoms with Crippen LogP contribution in [0.5, 0.6) is 0 Å². The van der Waals surface area contributed by atoms with Crippen molar-refractivity contribution in [2.24, 2.45) is 5.92 Å². The van der Waals surface area contributed by atoms with Gasteiger partial charge < -0.3 is 4.90 Å². The normalized spacial score (nSPS) is 11.1. The molecular formula is C15H22BrF2N. The van der Waals surface area contributed by atoms with Gasteiger partial charge in [0.2, 0.25) is 0 Å². The molecule has 0 unspecified atom stereocenters. The summed E-state index contributed by atoms with van der Waals surface area (Å²) in [6, 6.07) is 2.81. The smallest absolute Gasteiger partial charge is 0.149 e. The number of halogens is 3. The van der Waals surface area contributed by atoms with Crippen LogP contribution < -0.4 is 4.90 Å². The monoisotopic (exact) mass is 333 g/mol. The topological polar surface area (TPSA) is 3.24 Å². The first-order chi connectivity index (χ1) is 9.07. The van der Waals surface area contributed by atoms with Gasteiger partial charge in [-0.25, -0.2) is 8.78 Å². The largest absolute Gasteiger partial charge is 0.367 e. The summed E-state index contributed by atoms with van der Waals surface area (Å²) in [4.78, 5) is 1.81. The molecule has 4 heteroatoms. The first-order valence-electron chi connectivity index (χ1n) is 6.86. The molecule has 1 nitrogen and oxygen atoms in total. The maximum atomic E-state index is 14.1. The van der Waals surface area contributed by atoms with Gasteiger partial charge in [-0.15, -0.1) is 0 Å². The van der Waals surface area contributed by atoms with E-state index in [2.05, 4.69) is 29.8 Å². The molecule has 0 radical (unpaired) electrons. The molecule has 1 aromatic rings. The average molecular weight is 334 g/mol. The van der Waals surface area contributed by atoms with Gasteiger partial charge in [0.25, 0.3) is 0 Å². The van der Waals surface area contributed by atoms with Crippen molar-refractivity contribution >= 4 is 21.6 Å². The van der Waals surface area contributed by atoms with Crippen LogP contribution in [0.2, 0.25) is 0 Å². The minimum absolute atomic E-state index is 0.110. The Balaban J connectivity index is 3.04. The lowest BCUT2D eigenvalue weighted by atomic mass is 10.0. The number of hydrogen-bond acceptors (Lipinski definition) is 1. The Labute approximate surface area is 123 Å². The third-order valence-electron chi connectivity index (χ3n) is 3.56. The van der Waals surface area contributed by atoms with Gasteiger partial charge >= 0.3 is 0 Å². The Morgan fingerprint density at radius 2 is 1.63 bits per heavy atom. The summed E-state index contributed by atoms with van der Waals surface area (Å²) in [5.41, 5.74) is 0.733. The average Bonchev–Trinajstić information content (AvgIpc) is 2.41. The third kappa shape index (κ3) is 4.16. The van der Waals surface area contributed by atoms with Crippen LogP contribution >= 0.6 is 15.9 Å². The minimum Gasteiger partial charge on any atom is -0.367 e. The van der Waals surface area contributed by atoms with Gasteiger partial charge in [0.05, 0.1) is 0 Å². The van der Waals surface area contributed by atoms with E-state index in [1.807, 2.05) is 6.92 Å². The molecule has 19 heavy (non-hydrogen) atoms. The molecule has 0 aromatic heterocycles. The second kappa shape index (κ2) is 7.83. The van der Waals surface area contributed by atoms with Gasteiger partial charge in [0.15, 0.2) is 0 Å². The molecule has 0 aliphatic carbocycles. The van der Waals surface area contributed by atoms with Crippen molar-refractivity contribution in [2.45, 2.75) is 38.9 Å². The van der Waals surface area contributed by atoms with Crippen molar-refractivity contribution in [3.05, 3.63) is 29.3 Å². The van der Waals surface area contributed by atoms with Crippen LogP contribution in [-0.2, 0) is 5.33 Å². The molecule has 0 saturated carbocycles. The maximum Gasteiger partial charge on any atom is 0.149 e. The SMILES string of the molecule is CCC(CC)CN(CC)c1c(F)cc(CBr)cc1F. The molecule has 0 bridgehead atoms. The second-order valence-electron chi connectivity index (χ2n) is 4.76. The van der Waals surface area contributed by atoms with E-state index >= 15 is 0 Å². The van der Waals surface area contributed by atoms with Crippen molar-refractivity contribution in [1.29, 1.82) is 0 Å². The molecule has 0 atom stereocenters. The summed E-state index contributed by atoms with van der Waals surface area (Å²) < 4.78 is 28.2. The molecule has 1 rings (SSSR count). The molecule has 0 fully saturated rings. The summed E-state index contributed by atoms with van der Waals surface area (Å²) in [6.45, 7) is 7.47. The molecule has 0 heterocycles. The highest BCUT2D eigenvalue weighted by molar-refractivity contribution is 9.08. The quantitative estimate of drug-likeness (QED) is 0.626. The lowest BCUT2D eigenvalue weighted by molar-refractivity contribution is 0.475. The van der Waals surface area contributed by atoms with E-state index in [4.69, 9.17) is 0 Å². The predicted molar refractivity (Wildman–Crippen MR) is 80.9 cm³/mol. The zero-order chi connectivity index (χ0) is 14.4. The van der Waals surface area contributed by atoms with Crippen LogP contribution in [0.4, 0.5) is 14.5 Å². The van der Waals surface area contributed by atoms with Crippen LogP contribution in [-0.4, -0.2) is 13.1 Å². The Hall–Kier alpha value is -0.640. The van der Waals surface area contributed by atoms with Gasteiger partial charge in [0.1, 0.15) is 17.3 Å². The van der Waals surface area contributed by atoms with E-state index < -0.39 is 11.6 Å². The van der Waals surface area contributed by atoms with Crippen LogP contribution in [0.1, 0.15) is 39.2 Å². The van der Waals surface area contributed by atoms with Crippen molar-refractivity contribution < 1.29 is 8.78 Å². The van der Waals surface area contributed by atoms with E-state index in [9.17, 15) is 8.78 Å². The van der Waals surface area contributed by atoms with Gasteiger partial charge in [-0.05, 0) is 30.5 Å². The van der Waals surface area contributed by atoms with Gasteiger partial charge in [-0.2, -0.15) is 0 Å². The van der Waals surface area contributed by atoms with Gasteiger partial charge in [-0.1, -0.05) is 42.6 Å². The number of alkyl halides is 1. The summed E-state index contributed by atoms with van der Waals surface area (Å²) in [7, 11) is 0. The van der Waals surface area contributed by atoms with E-state index in [0.29, 0.717) is 29.9 Å². The van der Waals surface area contributed by atoms with Crippen LogP contribution in [0.25, 0.3) is 0 Å². The van der Waals surface area contributed by atoms with E-state index in [1.165, 1.54) is 12.1 Å². The first kappa shape index (κ1) is 16.4. The Kier molecular flexibility index (Phi) is 6.76. The molecule has 0 N–H and O–H groups in total. The first-order valence-corrected chi connectivity index (χ1v) is 7.98. The predicted octanol–water partition coefficient (Wildman–Crippen LogP) is 5.12. The van der Waals surface area contributed by atoms with Crippen molar-refractivity contribution in [1.82, 2.24) is 0 Å². The van der Waals surface area contributed by atoms with E-state index in [0.717, 1.165) is 12.8 Å². The van der Waals surface area contributed by atoms with E-state index in [-0.39, 0.29) is 5.69 Å². The lowest BCUT2D eigenvalue weighted by Gasteiger charge is -2.28. The number of hydrogen-bond donors (Lipinski definition) is 0. The highest BCUT2D eigenvalue weighted by atomic mass is 79.9. The van der Waals surface area contributed by atoms with Gasteiger partial charge in [-0.3, -0.25) is 0 Å². The van der Waals surface area contributed by atoms with Crippen molar-refractivity contribution in [2.75, 3.05) is 18.0 Å². The number of nitrogens with zero attached hydrogens (tertiary/aromatic N) is 1. The molecular weight excluding hydrogens is 312 g/mol. The number of anilines is 1. The molecule has 108 valence electrons. The maximum absolute atomic E-state index is 14.1. The summed E-state index contributed by atoms with van der Waals surface area (Å²) in [5, 5.41) is 0.458. The zero-order valence-corrected chi connectivity index (χ0v) is 13.4. The fourth-order valence-electron chi connectivity index (χ4n) is 2.23. The Morgan fingerprint density at radius 1 is 1.11 bits per heavy atom. The standard InChI is InChI=1S/C15H22BrF2N/c1-4-11(5-2)10-19(6-3)15-13(17)7-12(9-16)8-14(15)18/h7-8,11H,4-6,9-10H2,1-3H3. The third-order valence-corrected chi connectivity index (χ3v) is 4.21. The van der Waals surface area contributed by atoms with Gasteiger partial charge in [0, 0.05) is 18.4 Å². The molecule has 0 saturated heterocycles. The highest BCUT2D eigenvalue weighted by Gasteiger charge is 2.19. The molecule has 0 amide bonds. The fraction of sp³-hybridized carbons (Fsp3) is 0.600. The zero-order valence-electron chi connectivity index (χ0n) is 11.8. The van der Waals surface area contributed by atoms with Crippen molar-refractivity contribution in [3.63, 3.8) is 0 Å². The summed E-state index contributed by atoms with van der Waals surface area (Å²) in [5.74, 6) is -0.473. The van der Waals surface area contributed by atoms with Crippen LogP contribution in [0, 0.1) is 17.6 Å². The van der Waals surface area contributed by atoms with E-state index in [1.54, 1.807) is 4.90 Å². The Morgan fingerprint density at radius 3 is 2.00 bits per heavy atom. The number of rotatable bonds is 7. The molecule has 0 spiro atoms. The fourth-order valence-corrected chi connectivity index (χ4v) is 2.56. The molecule has 1 aromatic carbocycles. The minimum atomic E-state index is -0.470. The van der Waals surface area contributed by atoms with Crippen molar-refractivity contribution in [3.8, 4) is 0 Å². The van der Waals surface area contributed by atoms with Crippen LogP contribution in [0.3, 0.4) is 0 Å².